The van der Waals surface area contributed by atoms with Gasteiger partial charge in [0.1, 0.15) is 0 Å². The van der Waals surface area contributed by atoms with Gasteiger partial charge in [-0.2, -0.15) is 0 Å². The molecule has 0 bridgehead atoms. The first-order valence-electron chi connectivity index (χ1n) is 5.35. The maximum absolute atomic E-state index is 11.8. The second-order valence-corrected chi connectivity index (χ2v) is 4.21. The van der Waals surface area contributed by atoms with E-state index < -0.39 is 11.7 Å². The molecule has 5 nitrogen and oxygen atoms in total. The van der Waals surface area contributed by atoms with Gasteiger partial charge in [0.15, 0.2) is 6.10 Å². The van der Waals surface area contributed by atoms with Gasteiger partial charge >= 0.3 is 0 Å². The molecule has 0 saturated carbocycles. The molecule has 0 aromatic heterocycles. The van der Waals surface area contributed by atoms with Crippen molar-refractivity contribution in [1.82, 2.24) is 4.90 Å². The van der Waals surface area contributed by atoms with E-state index in [1.165, 1.54) is 0 Å². The largest absolute Gasteiger partial charge is 0.386 e. The summed E-state index contributed by atoms with van der Waals surface area (Å²) in [5.74, 6) is -0.0622. The van der Waals surface area contributed by atoms with Gasteiger partial charge < -0.3 is 19.5 Å². The number of likely N-dealkylation sites (tertiary alicyclic amines) is 1. The van der Waals surface area contributed by atoms with Gasteiger partial charge in [-0.3, -0.25) is 4.79 Å². The van der Waals surface area contributed by atoms with E-state index in [2.05, 4.69) is 0 Å². The molecule has 2 fully saturated rings. The lowest BCUT2D eigenvalue weighted by molar-refractivity contribution is -0.178. The summed E-state index contributed by atoms with van der Waals surface area (Å²) in [6.07, 6.45) is 0.207. The number of aliphatic hydroxyl groups is 1. The third-order valence-corrected chi connectivity index (χ3v) is 3.03. The molecule has 0 aromatic carbocycles. The van der Waals surface area contributed by atoms with Gasteiger partial charge in [-0.15, -0.1) is 0 Å². The molecule has 86 valence electrons. The molecule has 0 aromatic rings. The molecule has 2 rings (SSSR count). The van der Waals surface area contributed by atoms with E-state index >= 15 is 0 Å². The molecule has 0 aliphatic carbocycles. The molecular weight excluding hydrogens is 198 g/mol. The quantitative estimate of drug-likeness (QED) is 0.667. The van der Waals surface area contributed by atoms with Crippen molar-refractivity contribution in [2.24, 2.45) is 0 Å². The van der Waals surface area contributed by atoms with Gasteiger partial charge in [-0.1, -0.05) is 6.92 Å². The predicted molar refractivity (Wildman–Crippen MR) is 52.4 cm³/mol. The molecule has 2 heterocycles. The molecule has 1 atom stereocenters. The van der Waals surface area contributed by atoms with E-state index in [1.54, 1.807) is 4.90 Å². The van der Waals surface area contributed by atoms with Gasteiger partial charge in [-0.25, -0.2) is 0 Å². The summed E-state index contributed by atoms with van der Waals surface area (Å²) in [6.45, 7) is 4.12. The summed E-state index contributed by atoms with van der Waals surface area (Å²) in [5, 5.41) is 9.77. The van der Waals surface area contributed by atoms with Crippen LogP contribution in [0.15, 0.2) is 0 Å². The van der Waals surface area contributed by atoms with Crippen LogP contribution >= 0.6 is 0 Å². The van der Waals surface area contributed by atoms with Crippen molar-refractivity contribution in [3.8, 4) is 0 Å². The molecule has 15 heavy (non-hydrogen) atoms. The van der Waals surface area contributed by atoms with Crippen molar-refractivity contribution < 1.29 is 19.4 Å². The minimum Gasteiger partial charge on any atom is -0.386 e. The Hall–Kier alpha value is -0.650. The molecule has 2 aliphatic rings. The standard InChI is InChI=1S/C10H17NO4/c1-2-10(13)6-11(7-10)9(12)8-5-14-3-4-15-8/h8,13H,2-7H2,1H3. The second-order valence-electron chi connectivity index (χ2n) is 4.21. The lowest BCUT2D eigenvalue weighted by Crippen LogP contribution is -2.65. The summed E-state index contributed by atoms with van der Waals surface area (Å²) in [4.78, 5) is 13.4. The van der Waals surface area contributed by atoms with Crippen molar-refractivity contribution in [3.05, 3.63) is 0 Å². The van der Waals surface area contributed by atoms with Crippen LogP contribution in [0, 0.1) is 0 Å². The number of rotatable bonds is 2. The van der Waals surface area contributed by atoms with Crippen LogP contribution in [0.4, 0.5) is 0 Å². The smallest absolute Gasteiger partial charge is 0.254 e. The van der Waals surface area contributed by atoms with Crippen LogP contribution in [-0.4, -0.2) is 60.5 Å². The number of nitrogens with zero attached hydrogens (tertiary/aromatic N) is 1. The zero-order valence-corrected chi connectivity index (χ0v) is 8.94. The number of hydrogen-bond donors (Lipinski definition) is 1. The van der Waals surface area contributed by atoms with E-state index in [0.29, 0.717) is 39.3 Å². The van der Waals surface area contributed by atoms with Crippen LogP contribution in [0.3, 0.4) is 0 Å². The predicted octanol–water partition coefficient (Wildman–Crippen LogP) is -0.615. The molecule has 1 unspecified atom stereocenters. The third-order valence-electron chi connectivity index (χ3n) is 3.03. The first-order chi connectivity index (χ1) is 7.14. The number of hydrogen-bond acceptors (Lipinski definition) is 4. The normalized spacial score (nSPS) is 29.7. The maximum atomic E-state index is 11.8. The Bertz CT molecular complexity index is 244. The minimum atomic E-state index is -0.675. The van der Waals surface area contributed by atoms with E-state index in [9.17, 15) is 9.90 Å². The molecule has 5 heteroatoms. The summed E-state index contributed by atoms with van der Waals surface area (Å²) < 4.78 is 10.5. The first-order valence-corrected chi connectivity index (χ1v) is 5.35. The van der Waals surface area contributed by atoms with Crippen LogP contribution in [0.25, 0.3) is 0 Å². The van der Waals surface area contributed by atoms with E-state index in [4.69, 9.17) is 9.47 Å². The Kier molecular flexibility index (Phi) is 2.95. The van der Waals surface area contributed by atoms with E-state index in [1.807, 2.05) is 6.92 Å². The minimum absolute atomic E-state index is 0.0622. The van der Waals surface area contributed by atoms with Gasteiger partial charge in [0, 0.05) is 0 Å². The number of carbonyl (C=O) groups is 1. The Labute approximate surface area is 89.0 Å². The van der Waals surface area contributed by atoms with Crippen LogP contribution in [0.5, 0.6) is 0 Å². The fourth-order valence-electron chi connectivity index (χ4n) is 1.88. The second kappa shape index (κ2) is 4.08. The van der Waals surface area contributed by atoms with Crippen molar-refractivity contribution in [1.29, 1.82) is 0 Å². The lowest BCUT2D eigenvalue weighted by Gasteiger charge is -2.47. The van der Waals surface area contributed by atoms with Crippen LogP contribution in [0.2, 0.25) is 0 Å². The topological polar surface area (TPSA) is 59.0 Å². The zero-order chi connectivity index (χ0) is 10.9. The highest BCUT2D eigenvalue weighted by atomic mass is 16.6. The summed E-state index contributed by atoms with van der Waals surface area (Å²) in [7, 11) is 0. The number of ether oxygens (including phenoxy) is 2. The molecule has 2 saturated heterocycles. The Morgan fingerprint density at radius 1 is 1.53 bits per heavy atom. The number of β-amino-alcohol motifs (C(OH)–C–C–N with tert-alkyl or cyclic N) is 1. The van der Waals surface area contributed by atoms with Crippen LogP contribution < -0.4 is 0 Å². The maximum Gasteiger partial charge on any atom is 0.254 e. The Morgan fingerprint density at radius 3 is 2.80 bits per heavy atom. The fraction of sp³-hybridized carbons (Fsp3) is 0.900. The van der Waals surface area contributed by atoms with Crippen molar-refractivity contribution in [2.45, 2.75) is 25.0 Å². The molecule has 2 aliphatic heterocycles. The summed E-state index contributed by atoms with van der Waals surface area (Å²) in [5.41, 5.74) is -0.675. The average molecular weight is 215 g/mol. The highest BCUT2D eigenvalue weighted by molar-refractivity contribution is 5.82. The fourth-order valence-corrected chi connectivity index (χ4v) is 1.88. The van der Waals surface area contributed by atoms with Crippen molar-refractivity contribution in [3.63, 3.8) is 0 Å². The average Bonchev–Trinajstić information content (AvgIpc) is 2.25. The number of carbonyl (C=O) groups excluding carboxylic acids is 1. The van der Waals surface area contributed by atoms with Crippen molar-refractivity contribution in [2.75, 3.05) is 32.9 Å². The third kappa shape index (κ3) is 2.14. The molecular formula is C10H17NO4. The van der Waals surface area contributed by atoms with Crippen LogP contribution in [0.1, 0.15) is 13.3 Å². The monoisotopic (exact) mass is 215 g/mol. The Balaban J connectivity index is 1.83. The lowest BCUT2D eigenvalue weighted by atomic mass is 9.91. The van der Waals surface area contributed by atoms with Gasteiger partial charge in [-0.05, 0) is 6.42 Å². The van der Waals surface area contributed by atoms with E-state index in [0.717, 1.165) is 0 Å². The highest BCUT2D eigenvalue weighted by Crippen LogP contribution is 2.25. The number of amides is 1. The van der Waals surface area contributed by atoms with Gasteiger partial charge in [0.25, 0.3) is 5.91 Å². The Morgan fingerprint density at radius 2 is 2.27 bits per heavy atom. The van der Waals surface area contributed by atoms with E-state index in [-0.39, 0.29) is 5.91 Å². The highest BCUT2D eigenvalue weighted by Gasteiger charge is 2.44. The van der Waals surface area contributed by atoms with Crippen LogP contribution in [-0.2, 0) is 14.3 Å². The molecule has 0 spiro atoms. The molecule has 0 radical (unpaired) electrons. The zero-order valence-electron chi connectivity index (χ0n) is 8.94. The van der Waals surface area contributed by atoms with Gasteiger partial charge in [0.2, 0.25) is 0 Å². The molecule has 1 amide bonds. The summed E-state index contributed by atoms with van der Waals surface area (Å²) in [6, 6.07) is 0. The first kappa shape index (κ1) is 10.9. The van der Waals surface area contributed by atoms with Crippen molar-refractivity contribution >= 4 is 5.91 Å². The van der Waals surface area contributed by atoms with Gasteiger partial charge in [0.05, 0.1) is 38.5 Å². The summed E-state index contributed by atoms with van der Waals surface area (Å²) >= 11 is 0. The SMILES string of the molecule is CCC1(O)CN(C(=O)C2COCCO2)C1. The molecule has 1 N–H and O–H groups in total.